The van der Waals surface area contributed by atoms with Crippen LogP contribution in [0.1, 0.15) is 0 Å². The van der Waals surface area contributed by atoms with Gasteiger partial charge in [0.1, 0.15) is 11.6 Å². The normalized spacial score (nSPS) is 10.3. The van der Waals surface area contributed by atoms with Crippen LogP contribution in [0.25, 0.3) is 11.1 Å². The molecule has 0 radical (unpaired) electrons. The summed E-state index contributed by atoms with van der Waals surface area (Å²) in [4.78, 5) is 0.719. The van der Waals surface area contributed by atoms with E-state index in [4.69, 9.17) is 0 Å². The summed E-state index contributed by atoms with van der Waals surface area (Å²) in [6.45, 7) is 0. The van der Waals surface area contributed by atoms with Gasteiger partial charge in [-0.2, -0.15) is 0 Å². The van der Waals surface area contributed by atoms with Crippen LogP contribution in [0.2, 0.25) is 0 Å². The molecule has 2 aromatic rings. The zero-order chi connectivity index (χ0) is 10.8. The van der Waals surface area contributed by atoms with Gasteiger partial charge >= 0.3 is 0 Å². The first-order valence-corrected chi connectivity index (χ1v) is 4.86. The smallest absolute Gasteiger partial charge is 0.131 e. The van der Waals surface area contributed by atoms with Crippen LogP contribution in [-0.2, 0) is 0 Å². The second-order valence-electron chi connectivity index (χ2n) is 3.17. The molecule has 15 heavy (non-hydrogen) atoms. The van der Waals surface area contributed by atoms with Gasteiger partial charge in [-0.15, -0.1) is 12.6 Å². The summed E-state index contributed by atoms with van der Waals surface area (Å²) in [6.07, 6.45) is 0. The quantitative estimate of drug-likeness (QED) is 0.694. The number of hydrogen-bond acceptors (Lipinski definition) is 1. The minimum atomic E-state index is -0.448. The van der Waals surface area contributed by atoms with E-state index in [1.54, 1.807) is 24.3 Å². The Bertz CT molecular complexity index is 495. The second kappa shape index (κ2) is 4.03. The van der Waals surface area contributed by atoms with E-state index in [0.29, 0.717) is 5.56 Å². The van der Waals surface area contributed by atoms with Crippen molar-refractivity contribution in [1.29, 1.82) is 0 Å². The van der Waals surface area contributed by atoms with Gasteiger partial charge in [-0.25, -0.2) is 8.78 Å². The lowest BCUT2D eigenvalue weighted by Crippen LogP contribution is -1.86. The highest BCUT2D eigenvalue weighted by Crippen LogP contribution is 2.25. The molecule has 0 amide bonds. The van der Waals surface area contributed by atoms with Gasteiger partial charge < -0.3 is 0 Å². The van der Waals surface area contributed by atoms with Crippen molar-refractivity contribution in [2.75, 3.05) is 0 Å². The van der Waals surface area contributed by atoms with Crippen molar-refractivity contribution in [3.8, 4) is 11.1 Å². The van der Waals surface area contributed by atoms with Gasteiger partial charge in [0, 0.05) is 10.5 Å². The lowest BCUT2D eigenvalue weighted by molar-refractivity contribution is 0.603. The molecule has 0 spiro atoms. The van der Waals surface area contributed by atoms with E-state index >= 15 is 0 Å². The molecule has 0 bridgehead atoms. The zero-order valence-electron chi connectivity index (χ0n) is 7.74. The van der Waals surface area contributed by atoms with Gasteiger partial charge in [0.05, 0.1) is 0 Å². The molecule has 0 aliphatic carbocycles. The molecule has 0 aromatic heterocycles. The summed E-state index contributed by atoms with van der Waals surface area (Å²) in [5.74, 6) is -0.883. The molecular formula is C12H8F2S. The Morgan fingerprint density at radius 2 is 1.73 bits per heavy atom. The van der Waals surface area contributed by atoms with Crippen molar-refractivity contribution in [2.24, 2.45) is 0 Å². The monoisotopic (exact) mass is 222 g/mol. The van der Waals surface area contributed by atoms with Crippen LogP contribution in [0, 0.1) is 11.6 Å². The molecule has 0 saturated carbocycles. The Balaban J connectivity index is 2.58. The molecule has 3 heteroatoms. The maximum atomic E-state index is 13.4. The summed E-state index contributed by atoms with van der Waals surface area (Å²) in [7, 11) is 0. The fourth-order valence-electron chi connectivity index (χ4n) is 1.39. The molecule has 2 rings (SSSR count). The first-order valence-electron chi connectivity index (χ1n) is 4.41. The molecule has 0 N–H and O–H groups in total. The number of rotatable bonds is 1. The van der Waals surface area contributed by atoms with E-state index in [0.717, 1.165) is 17.0 Å². The van der Waals surface area contributed by atoms with E-state index in [-0.39, 0.29) is 5.56 Å². The Morgan fingerprint density at radius 3 is 2.47 bits per heavy atom. The molecule has 0 fully saturated rings. The summed E-state index contributed by atoms with van der Waals surface area (Å²) in [6, 6.07) is 10.3. The number of benzene rings is 2. The number of hydrogen-bond donors (Lipinski definition) is 1. The van der Waals surface area contributed by atoms with Crippen LogP contribution < -0.4 is 0 Å². The Labute approximate surface area is 92.0 Å². The fourth-order valence-corrected chi connectivity index (χ4v) is 1.62. The van der Waals surface area contributed by atoms with Crippen LogP contribution in [-0.4, -0.2) is 0 Å². The molecule has 0 saturated heterocycles. The third kappa shape index (κ3) is 2.18. The maximum Gasteiger partial charge on any atom is 0.131 e. The highest BCUT2D eigenvalue weighted by molar-refractivity contribution is 7.80. The Hall–Kier alpha value is -1.35. The van der Waals surface area contributed by atoms with Crippen LogP contribution in [0.15, 0.2) is 47.4 Å². The summed E-state index contributed by atoms with van der Waals surface area (Å²) >= 11 is 4.15. The van der Waals surface area contributed by atoms with Crippen molar-refractivity contribution < 1.29 is 8.78 Å². The topological polar surface area (TPSA) is 0 Å². The third-order valence-electron chi connectivity index (χ3n) is 2.09. The Morgan fingerprint density at radius 1 is 0.933 bits per heavy atom. The van der Waals surface area contributed by atoms with Crippen LogP contribution >= 0.6 is 12.6 Å². The van der Waals surface area contributed by atoms with Gasteiger partial charge in [-0.1, -0.05) is 12.1 Å². The first kappa shape index (κ1) is 10.2. The lowest BCUT2D eigenvalue weighted by Gasteiger charge is -2.04. The zero-order valence-corrected chi connectivity index (χ0v) is 8.64. The number of halogens is 2. The van der Waals surface area contributed by atoms with E-state index < -0.39 is 11.6 Å². The van der Waals surface area contributed by atoms with E-state index in [1.165, 1.54) is 6.07 Å². The van der Waals surface area contributed by atoms with E-state index in [2.05, 4.69) is 12.6 Å². The molecule has 76 valence electrons. The fraction of sp³-hybridized carbons (Fsp3) is 0. The molecule has 2 aromatic carbocycles. The van der Waals surface area contributed by atoms with Crippen LogP contribution in [0.4, 0.5) is 8.78 Å². The van der Waals surface area contributed by atoms with Gasteiger partial charge in [0.2, 0.25) is 0 Å². The Kier molecular flexibility index (Phi) is 2.73. The van der Waals surface area contributed by atoms with Crippen molar-refractivity contribution in [3.05, 3.63) is 54.1 Å². The molecule has 0 aliphatic heterocycles. The predicted octanol–water partition coefficient (Wildman–Crippen LogP) is 3.92. The van der Waals surface area contributed by atoms with Gasteiger partial charge in [0.15, 0.2) is 0 Å². The predicted molar refractivity (Wildman–Crippen MR) is 59.0 cm³/mol. The summed E-state index contributed by atoms with van der Waals surface area (Å²) in [5.41, 5.74) is 0.880. The number of thiol groups is 1. The second-order valence-corrected chi connectivity index (χ2v) is 3.69. The largest absolute Gasteiger partial charge is 0.207 e. The van der Waals surface area contributed by atoms with Crippen molar-refractivity contribution in [1.82, 2.24) is 0 Å². The third-order valence-corrected chi connectivity index (χ3v) is 2.36. The van der Waals surface area contributed by atoms with Gasteiger partial charge in [0.25, 0.3) is 0 Å². The minimum Gasteiger partial charge on any atom is -0.207 e. The maximum absolute atomic E-state index is 13.4. The molecule has 0 unspecified atom stereocenters. The molecule has 0 aliphatic rings. The van der Waals surface area contributed by atoms with Gasteiger partial charge in [-0.05, 0) is 35.9 Å². The molecular weight excluding hydrogens is 214 g/mol. The average molecular weight is 222 g/mol. The highest BCUT2D eigenvalue weighted by atomic mass is 32.1. The summed E-state index contributed by atoms with van der Waals surface area (Å²) < 4.78 is 26.3. The first-order chi connectivity index (χ1) is 7.16. The van der Waals surface area contributed by atoms with Crippen molar-refractivity contribution >= 4 is 12.6 Å². The minimum absolute atomic E-state index is 0.255. The SMILES string of the molecule is Fc1ccc(F)c(-c2cccc(S)c2)c1. The summed E-state index contributed by atoms with van der Waals surface area (Å²) in [5, 5.41) is 0. The lowest BCUT2D eigenvalue weighted by atomic mass is 10.1. The standard InChI is InChI=1S/C12H8F2S/c13-9-4-5-12(14)11(7-9)8-2-1-3-10(15)6-8/h1-7,15H. The van der Waals surface area contributed by atoms with E-state index in [9.17, 15) is 8.78 Å². The van der Waals surface area contributed by atoms with Crippen molar-refractivity contribution in [3.63, 3.8) is 0 Å². The van der Waals surface area contributed by atoms with E-state index in [1.807, 2.05) is 0 Å². The average Bonchev–Trinajstić information content (AvgIpc) is 2.22. The van der Waals surface area contributed by atoms with Crippen LogP contribution in [0.3, 0.4) is 0 Å². The molecule has 0 atom stereocenters. The van der Waals surface area contributed by atoms with Gasteiger partial charge in [-0.3, -0.25) is 0 Å². The molecule has 0 nitrogen and oxygen atoms in total. The highest BCUT2D eigenvalue weighted by Gasteiger charge is 2.06. The van der Waals surface area contributed by atoms with Crippen molar-refractivity contribution in [2.45, 2.75) is 4.90 Å². The molecule has 0 heterocycles. The van der Waals surface area contributed by atoms with Crippen LogP contribution in [0.5, 0.6) is 0 Å².